The molecule has 2 N–H and O–H groups in total. The van der Waals surface area contributed by atoms with Crippen LogP contribution in [-0.4, -0.2) is 54.6 Å². The normalized spacial score (nSPS) is 29.1. The van der Waals surface area contributed by atoms with Gasteiger partial charge in [-0.3, -0.25) is 4.79 Å². The molecule has 1 amide bonds. The summed E-state index contributed by atoms with van der Waals surface area (Å²) in [7, 11) is 0.489. The maximum absolute atomic E-state index is 14.3. The Hall–Kier alpha value is -2.46. The van der Waals surface area contributed by atoms with Crippen LogP contribution in [0.15, 0.2) is 12.1 Å². The van der Waals surface area contributed by atoms with Crippen LogP contribution in [0.2, 0.25) is 0 Å². The molecule has 0 aromatic heterocycles. The van der Waals surface area contributed by atoms with E-state index in [0.717, 1.165) is 18.9 Å². The molecule has 10 heteroatoms. The van der Waals surface area contributed by atoms with Crippen LogP contribution in [0.25, 0.3) is 0 Å². The minimum absolute atomic E-state index is 0.0118. The number of hydrogen-bond acceptors (Lipinski definition) is 6. The fourth-order valence-electron chi connectivity index (χ4n) is 6.29. The van der Waals surface area contributed by atoms with Crippen LogP contribution >= 0.6 is 0 Å². The molecule has 1 aliphatic heterocycles. The number of methoxy groups -OCH3 is 1. The summed E-state index contributed by atoms with van der Waals surface area (Å²) in [6.45, 7) is 7.99. The summed E-state index contributed by atoms with van der Waals surface area (Å²) in [5, 5.41) is 12.4. The standard InChI is InChI=1S/C25H33BFNO7/c1-13(29)6-9-20(30)28-19(10-14-7-8-16(27)21(23(31)32)22(14)33-5)26-34-18-12-15-11-17(24(15,2)3)25(18,4)35-26/h7-8,15,17-19H,6,9-12H2,1-5H3,(H,28,30)(H,31,32). The zero-order valence-corrected chi connectivity index (χ0v) is 20.9. The van der Waals surface area contributed by atoms with Gasteiger partial charge in [0.1, 0.15) is 22.9 Å². The Labute approximate surface area is 205 Å². The number of carboxylic acids is 1. The van der Waals surface area contributed by atoms with Crippen molar-refractivity contribution in [1.29, 1.82) is 0 Å². The average Bonchev–Trinajstić information content (AvgIpc) is 3.14. The van der Waals surface area contributed by atoms with E-state index in [9.17, 15) is 23.9 Å². The second-order valence-corrected chi connectivity index (χ2v) is 10.8. The number of rotatable bonds is 9. The fraction of sp³-hybridized carbons (Fsp3) is 0.640. The summed E-state index contributed by atoms with van der Waals surface area (Å²) >= 11 is 0. The van der Waals surface area contributed by atoms with Gasteiger partial charge < -0.3 is 29.3 Å². The Balaban J connectivity index is 1.62. The predicted molar refractivity (Wildman–Crippen MR) is 126 cm³/mol. The van der Waals surface area contributed by atoms with Crippen LogP contribution in [0.5, 0.6) is 5.75 Å². The molecular formula is C25H33BFNO7. The van der Waals surface area contributed by atoms with E-state index < -0.39 is 36.0 Å². The SMILES string of the molecule is COc1c(CC(NC(=O)CCC(C)=O)B2OC3CC4CC(C4(C)C)C3(C)O2)ccc(F)c1C(=O)O. The van der Waals surface area contributed by atoms with Crippen LogP contribution in [0.1, 0.15) is 69.3 Å². The quantitative estimate of drug-likeness (QED) is 0.513. The third kappa shape index (κ3) is 4.46. The molecule has 2 bridgehead atoms. The number of nitrogens with one attached hydrogen (secondary N) is 1. The molecule has 4 fully saturated rings. The maximum Gasteiger partial charge on any atom is 0.482 e. The summed E-state index contributed by atoms with van der Waals surface area (Å²) in [4.78, 5) is 35.7. The van der Waals surface area contributed by atoms with Gasteiger partial charge in [-0.1, -0.05) is 19.9 Å². The molecule has 8 nitrogen and oxygen atoms in total. The number of Topliss-reactive ketones (excluding diaryl/α,β-unsaturated/α-hetero) is 1. The van der Waals surface area contributed by atoms with Gasteiger partial charge in [0.05, 0.1) is 24.8 Å². The van der Waals surface area contributed by atoms with E-state index in [0.29, 0.717) is 17.4 Å². The van der Waals surface area contributed by atoms with E-state index >= 15 is 0 Å². The third-order valence-electron chi connectivity index (χ3n) is 8.39. The highest BCUT2D eigenvalue weighted by atomic mass is 19.1. The summed E-state index contributed by atoms with van der Waals surface area (Å²) in [5.74, 6) is -2.74. The van der Waals surface area contributed by atoms with Gasteiger partial charge in [0.25, 0.3) is 0 Å². The molecule has 0 radical (unpaired) electrons. The minimum atomic E-state index is -1.45. The van der Waals surface area contributed by atoms with Crippen molar-refractivity contribution >= 4 is 24.8 Å². The number of hydrogen-bond donors (Lipinski definition) is 2. The Morgan fingerprint density at radius 3 is 2.57 bits per heavy atom. The lowest BCUT2D eigenvalue weighted by Gasteiger charge is -2.64. The van der Waals surface area contributed by atoms with Crippen molar-refractivity contribution in [2.45, 2.75) is 77.4 Å². The Morgan fingerprint density at radius 1 is 1.26 bits per heavy atom. The lowest BCUT2D eigenvalue weighted by atomic mass is 9.43. The lowest BCUT2D eigenvalue weighted by Crippen LogP contribution is -2.65. The zero-order valence-electron chi connectivity index (χ0n) is 20.9. The van der Waals surface area contributed by atoms with Crippen molar-refractivity contribution in [3.63, 3.8) is 0 Å². The zero-order chi connectivity index (χ0) is 25.7. The van der Waals surface area contributed by atoms with E-state index in [1.807, 2.05) is 0 Å². The number of carboxylic acid groups (broad SMARTS) is 1. The second-order valence-electron chi connectivity index (χ2n) is 10.8. The molecule has 1 heterocycles. The molecule has 1 saturated heterocycles. The van der Waals surface area contributed by atoms with Gasteiger partial charge in [-0.25, -0.2) is 9.18 Å². The Kier molecular flexibility index (Phi) is 6.74. The highest BCUT2D eigenvalue weighted by Gasteiger charge is 2.68. The van der Waals surface area contributed by atoms with Crippen LogP contribution in [-0.2, 0) is 25.3 Å². The van der Waals surface area contributed by atoms with Crippen molar-refractivity contribution in [2.75, 3.05) is 7.11 Å². The Bertz CT molecular complexity index is 1050. The molecule has 190 valence electrons. The van der Waals surface area contributed by atoms with Gasteiger partial charge in [-0.05, 0) is 62.0 Å². The molecule has 5 rings (SSSR count). The molecular weight excluding hydrogens is 456 g/mol. The van der Waals surface area contributed by atoms with Gasteiger partial charge in [0.2, 0.25) is 5.91 Å². The summed E-state index contributed by atoms with van der Waals surface area (Å²) in [6, 6.07) is 2.52. The number of amides is 1. The highest BCUT2D eigenvalue weighted by Crippen LogP contribution is 2.65. The third-order valence-corrected chi connectivity index (χ3v) is 8.39. The number of halogens is 1. The van der Waals surface area contributed by atoms with Crippen molar-refractivity contribution < 1.29 is 37.9 Å². The van der Waals surface area contributed by atoms with Gasteiger partial charge in [0.15, 0.2) is 0 Å². The first-order chi connectivity index (χ1) is 16.4. The van der Waals surface area contributed by atoms with E-state index in [1.165, 1.54) is 20.1 Å². The average molecular weight is 489 g/mol. The van der Waals surface area contributed by atoms with E-state index in [2.05, 4.69) is 26.1 Å². The topological polar surface area (TPSA) is 111 Å². The van der Waals surface area contributed by atoms with Crippen molar-refractivity contribution in [2.24, 2.45) is 17.3 Å². The maximum atomic E-state index is 14.3. The molecule has 1 aromatic carbocycles. The number of ether oxygens (including phenoxy) is 1. The lowest BCUT2D eigenvalue weighted by molar-refractivity contribution is -0.199. The van der Waals surface area contributed by atoms with Crippen molar-refractivity contribution in [3.8, 4) is 5.75 Å². The molecule has 35 heavy (non-hydrogen) atoms. The molecule has 5 atom stereocenters. The molecule has 3 saturated carbocycles. The largest absolute Gasteiger partial charge is 0.495 e. The van der Waals surface area contributed by atoms with Gasteiger partial charge >= 0.3 is 13.1 Å². The first-order valence-corrected chi connectivity index (χ1v) is 12.1. The molecule has 4 aliphatic rings. The molecule has 5 unspecified atom stereocenters. The van der Waals surface area contributed by atoms with Crippen LogP contribution < -0.4 is 10.1 Å². The second kappa shape index (κ2) is 9.20. The minimum Gasteiger partial charge on any atom is -0.495 e. The summed E-state index contributed by atoms with van der Waals surface area (Å²) in [5.41, 5.74) is -0.534. The number of carbonyl (C=O) groups is 3. The first kappa shape index (κ1) is 25.6. The fourth-order valence-corrected chi connectivity index (χ4v) is 6.29. The number of carbonyl (C=O) groups excluding carboxylic acids is 2. The highest BCUT2D eigenvalue weighted by molar-refractivity contribution is 6.48. The molecule has 3 aliphatic carbocycles. The summed E-state index contributed by atoms with van der Waals surface area (Å²) < 4.78 is 32.4. The molecule has 1 aromatic rings. The van der Waals surface area contributed by atoms with Gasteiger partial charge in [-0.2, -0.15) is 0 Å². The van der Waals surface area contributed by atoms with Gasteiger partial charge in [0, 0.05) is 12.8 Å². The van der Waals surface area contributed by atoms with E-state index in [4.69, 9.17) is 14.0 Å². The Morgan fingerprint density at radius 2 is 1.97 bits per heavy atom. The predicted octanol–water partition coefficient (Wildman–Crippen LogP) is 3.20. The van der Waals surface area contributed by atoms with Crippen molar-refractivity contribution in [3.05, 3.63) is 29.1 Å². The first-order valence-electron chi connectivity index (χ1n) is 12.1. The van der Waals surface area contributed by atoms with Crippen molar-refractivity contribution in [1.82, 2.24) is 5.32 Å². The smallest absolute Gasteiger partial charge is 0.482 e. The van der Waals surface area contributed by atoms with Crippen LogP contribution in [0.3, 0.4) is 0 Å². The molecule has 0 spiro atoms. The van der Waals surface area contributed by atoms with Gasteiger partial charge in [-0.15, -0.1) is 0 Å². The van der Waals surface area contributed by atoms with E-state index in [-0.39, 0.29) is 48.2 Å². The van der Waals surface area contributed by atoms with E-state index in [1.54, 1.807) is 0 Å². The number of aromatic carboxylic acids is 1. The summed E-state index contributed by atoms with van der Waals surface area (Å²) in [6.07, 6.45) is 2.03. The van der Waals surface area contributed by atoms with Crippen LogP contribution in [0, 0.1) is 23.1 Å². The monoisotopic (exact) mass is 489 g/mol. The number of ketones is 1. The van der Waals surface area contributed by atoms with Crippen LogP contribution in [0.4, 0.5) is 4.39 Å². The number of benzene rings is 1.